The largest absolute Gasteiger partial charge is 0.497 e. The van der Waals surface area contributed by atoms with Gasteiger partial charge in [-0.1, -0.05) is 0 Å². The highest BCUT2D eigenvalue weighted by Crippen LogP contribution is 2.20. The smallest absolute Gasteiger partial charge is 0.344 e. The molecule has 0 aliphatic heterocycles. The Morgan fingerprint density at radius 3 is 2.09 bits per heavy atom. The molecule has 116 valence electrons. The van der Waals surface area contributed by atoms with E-state index in [1.807, 2.05) is 0 Å². The quantitative estimate of drug-likeness (QED) is 0.277. The van der Waals surface area contributed by atoms with Crippen LogP contribution in [0.5, 0.6) is 5.75 Å². The van der Waals surface area contributed by atoms with Crippen molar-refractivity contribution >= 4 is 23.4 Å². The van der Waals surface area contributed by atoms with E-state index in [-0.39, 0.29) is 22.6 Å². The molecular weight excluding hydrogens is 302 g/mol. The van der Waals surface area contributed by atoms with E-state index in [2.05, 4.69) is 0 Å². The van der Waals surface area contributed by atoms with Gasteiger partial charge in [0.15, 0.2) is 5.94 Å². The van der Waals surface area contributed by atoms with E-state index >= 15 is 0 Å². The zero-order valence-corrected chi connectivity index (χ0v) is 12.0. The summed E-state index contributed by atoms with van der Waals surface area (Å²) in [5, 5.41) is 10.6. The zero-order valence-electron chi connectivity index (χ0n) is 12.0. The number of hydrogen-bond donors (Lipinski definition) is 0. The van der Waals surface area contributed by atoms with E-state index in [9.17, 15) is 19.7 Å². The molecule has 0 aliphatic rings. The Balaban J connectivity index is 2.16. The molecule has 0 bridgehead atoms. The first kappa shape index (κ1) is 15.9. The number of ether oxygens (including phenoxy) is 2. The molecule has 0 saturated heterocycles. The van der Waals surface area contributed by atoms with Gasteiger partial charge in [0, 0.05) is 17.7 Å². The second kappa shape index (κ2) is 7.02. The van der Waals surface area contributed by atoms with Crippen molar-refractivity contribution in [2.45, 2.75) is 0 Å². The molecule has 0 amide bonds. The van der Waals surface area contributed by atoms with Crippen LogP contribution in [-0.2, 0) is 9.53 Å². The van der Waals surface area contributed by atoms with Crippen LogP contribution < -0.4 is 4.74 Å². The molecule has 0 atom stereocenters. The number of nitrogens with zero attached hydrogens (tertiary/aromatic N) is 1. The van der Waals surface area contributed by atoms with Crippen LogP contribution in [0.4, 0.5) is 5.69 Å². The molecular formula is C16H11NO6. The molecule has 0 aliphatic carbocycles. The van der Waals surface area contributed by atoms with Crippen molar-refractivity contribution < 1.29 is 24.0 Å². The molecule has 0 unspecified atom stereocenters. The van der Waals surface area contributed by atoms with E-state index in [1.165, 1.54) is 49.4 Å². The van der Waals surface area contributed by atoms with Crippen LogP contribution in [-0.4, -0.2) is 23.9 Å². The molecule has 0 heterocycles. The minimum Gasteiger partial charge on any atom is -0.497 e. The number of non-ortho nitro benzene ring substituents is 1. The predicted molar refractivity (Wildman–Crippen MR) is 80.6 cm³/mol. The maximum absolute atomic E-state index is 12.0. The average molecular weight is 313 g/mol. The lowest BCUT2D eigenvalue weighted by Gasteiger charge is -2.06. The van der Waals surface area contributed by atoms with E-state index in [1.54, 1.807) is 12.1 Å². The summed E-state index contributed by atoms with van der Waals surface area (Å²) in [7, 11) is 1.50. The van der Waals surface area contributed by atoms with Crippen LogP contribution in [0.2, 0.25) is 0 Å². The minimum atomic E-state index is -0.746. The van der Waals surface area contributed by atoms with Crippen LogP contribution in [0.3, 0.4) is 0 Å². The fourth-order valence-electron chi connectivity index (χ4n) is 1.75. The summed E-state index contributed by atoms with van der Waals surface area (Å²) in [5.41, 5.74) is 0.299. The molecule has 2 aromatic rings. The predicted octanol–water partition coefficient (Wildman–Crippen LogP) is 2.63. The van der Waals surface area contributed by atoms with Crippen molar-refractivity contribution in [3.63, 3.8) is 0 Å². The molecule has 0 fully saturated rings. The van der Waals surface area contributed by atoms with Crippen molar-refractivity contribution in [3.05, 3.63) is 69.8 Å². The van der Waals surface area contributed by atoms with Crippen molar-refractivity contribution in [2.24, 2.45) is 0 Å². The highest BCUT2D eigenvalue weighted by atomic mass is 16.6. The van der Waals surface area contributed by atoms with Crippen molar-refractivity contribution in [1.29, 1.82) is 0 Å². The molecule has 7 nitrogen and oxygen atoms in total. The highest BCUT2D eigenvalue weighted by molar-refractivity contribution is 5.97. The number of carbonyl (C=O) groups is 1. The summed E-state index contributed by atoms with van der Waals surface area (Å²) >= 11 is 0. The Morgan fingerprint density at radius 2 is 1.61 bits per heavy atom. The van der Waals surface area contributed by atoms with Crippen LogP contribution in [0.15, 0.2) is 48.5 Å². The molecule has 0 saturated carbocycles. The van der Waals surface area contributed by atoms with Crippen molar-refractivity contribution in [1.82, 2.24) is 0 Å². The molecule has 7 heteroatoms. The fraction of sp³-hybridized carbons (Fsp3) is 0.0625. The topological polar surface area (TPSA) is 95.7 Å². The molecule has 23 heavy (non-hydrogen) atoms. The maximum Gasteiger partial charge on any atom is 0.344 e. The standard InChI is InChI=1S/C16H11NO6/c1-22-14-8-4-12(5-9-14)16(19)23-15(10-18)11-2-6-13(7-3-11)17(20)21/h2-9H,1H3. The van der Waals surface area contributed by atoms with E-state index in [4.69, 9.17) is 9.47 Å². The van der Waals surface area contributed by atoms with Gasteiger partial charge in [-0.2, -0.15) is 0 Å². The number of hydrogen-bond acceptors (Lipinski definition) is 6. The van der Waals surface area contributed by atoms with E-state index in [0.717, 1.165) is 0 Å². The van der Waals surface area contributed by atoms with Gasteiger partial charge in [0.2, 0.25) is 5.76 Å². The SMILES string of the molecule is COc1ccc(C(=O)OC(=C=O)c2ccc([N+](=O)[O-])cc2)cc1. The second-order valence-corrected chi connectivity index (χ2v) is 4.35. The summed E-state index contributed by atoms with van der Waals surface area (Å²) in [6, 6.07) is 11.1. The molecule has 0 aromatic heterocycles. The van der Waals surface area contributed by atoms with Gasteiger partial charge in [0.25, 0.3) is 5.69 Å². The maximum atomic E-state index is 12.0. The summed E-state index contributed by atoms with van der Waals surface area (Å²) in [4.78, 5) is 33.0. The fourth-order valence-corrected chi connectivity index (χ4v) is 1.75. The van der Waals surface area contributed by atoms with Gasteiger partial charge < -0.3 is 9.47 Å². The van der Waals surface area contributed by atoms with E-state index < -0.39 is 10.9 Å². The van der Waals surface area contributed by atoms with Crippen LogP contribution >= 0.6 is 0 Å². The van der Waals surface area contributed by atoms with Crippen LogP contribution in [0.25, 0.3) is 5.76 Å². The number of rotatable bonds is 5. The molecule has 0 radical (unpaired) electrons. The van der Waals surface area contributed by atoms with Gasteiger partial charge in [0.1, 0.15) is 5.75 Å². The van der Waals surface area contributed by atoms with Gasteiger partial charge >= 0.3 is 5.97 Å². The Hall–Kier alpha value is -3.44. The first-order valence-corrected chi connectivity index (χ1v) is 6.41. The Bertz CT molecular complexity index is 773. The lowest BCUT2D eigenvalue weighted by atomic mass is 10.2. The Labute approximate surface area is 130 Å². The van der Waals surface area contributed by atoms with Crippen LogP contribution in [0.1, 0.15) is 15.9 Å². The third-order valence-corrected chi connectivity index (χ3v) is 2.95. The lowest BCUT2D eigenvalue weighted by molar-refractivity contribution is -0.384. The molecule has 2 aromatic carbocycles. The normalized spacial score (nSPS) is 9.61. The second-order valence-electron chi connectivity index (χ2n) is 4.35. The Kier molecular flexibility index (Phi) is 4.86. The molecule has 2 rings (SSSR count). The number of nitro benzene ring substituents is 1. The van der Waals surface area contributed by atoms with Crippen molar-refractivity contribution in [3.8, 4) is 5.75 Å². The highest BCUT2D eigenvalue weighted by Gasteiger charge is 2.14. The zero-order chi connectivity index (χ0) is 16.8. The third-order valence-electron chi connectivity index (χ3n) is 2.95. The van der Waals surface area contributed by atoms with Gasteiger partial charge in [-0.15, -0.1) is 0 Å². The summed E-state index contributed by atoms with van der Waals surface area (Å²) in [5.74, 6) is 0.999. The monoisotopic (exact) mass is 313 g/mol. The number of carbonyl (C=O) groups excluding carboxylic acids is 2. The van der Waals surface area contributed by atoms with E-state index in [0.29, 0.717) is 5.75 Å². The number of esters is 1. The van der Waals surface area contributed by atoms with Crippen molar-refractivity contribution in [2.75, 3.05) is 7.11 Å². The average Bonchev–Trinajstić information content (AvgIpc) is 2.59. The lowest BCUT2D eigenvalue weighted by Crippen LogP contribution is -2.05. The Morgan fingerprint density at radius 1 is 1.04 bits per heavy atom. The van der Waals surface area contributed by atoms with Gasteiger partial charge in [-0.25, -0.2) is 9.59 Å². The first-order chi connectivity index (χ1) is 11.0. The third kappa shape index (κ3) is 3.81. The minimum absolute atomic E-state index is 0.138. The number of nitro groups is 1. The van der Waals surface area contributed by atoms with Gasteiger partial charge in [-0.3, -0.25) is 10.1 Å². The number of methoxy groups -OCH3 is 1. The molecule has 0 N–H and O–H groups in total. The van der Waals surface area contributed by atoms with Crippen LogP contribution in [0, 0.1) is 10.1 Å². The molecule has 0 spiro atoms. The van der Waals surface area contributed by atoms with Gasteiger partial charge in [0.05, 0.1) is 17.6 Å². The summed E-state index contributed by atoms with van der Waals surface area (Å²) in [6.45, 7) is 0. The summed E-state index contributed by atoms with van der Waals surface area (Å²) in [6.07, 6.45) is 0. The first-order valence-electron chi connectivity index (χ1n) is 6.41. The number of benzene rings is 2. The van der Waals surface area contributed by atoms with Gasteiger partial charge in [-0.05, 0) is 36.4 Å². The summed E-state index contributed by atoms with van der Waals surface area (Å²) < 4.78 is 9.97.